The molecule has 1 saturated heterocycles. The normalized spacial score (nSPS) is 21.9. The summed E-state index contributed by atoms with van der Waals surface area (Å²) in [6, 6.07) is 2.07. The van der Waals surface area contributed by atoms with Crippen molar-refractivity contribution in [3.05, 3.63) is 22.9 Å². The van der Waals surface area contributed by atoms with E-state index in [2.05, 4.69) is 17.9 Å². The van der Waals surface area contributed by atoms with E-state index in [0.717, 1.165) is 50.2 Å². The maximum absolute atomic E-state index is 7.83. The number of ether oxygens (including phenoxy) is 1. The smallest absolute Gasteiger partial charge is 0.140 e. The fraction of sp³-hybridized carbons (Fsp3) is 0.600. The van der Waals surface area contributed by atoms with E-state index in [1.54, 1.807) is 0 Å². The third-order valence-corrected chi connectivity index (χ3v) is 4.21. The molecule has 108 valence electrons. The van der Waals surface area contributed by atoms with Crippen LogP contribution < -0.4 is 10.6 Å². The molecule has 2 aliphatic rings. The highest BCUT2D eigenvalue weighted by atomic mass is 16.5. The molecule has 1 aromatic heterocycles. The first-order valence-electron chi connectivity index (χ1n) is 7.42. The minimum Gasteiger partial charge on any atom is -0.384 e. The molecule has 1 atom stereocenters. The second kappa shape index (κ2) is 5.40. The average Bonchev–Trinajstić information content (AvgIpc) is 2.93. The maximum Gasteiger partial charge on any atom is 0.140 e. The largest absolute Gasteiger partial charge is 0.384 e. The first-order chi connectivity index (χ1) is 9.69. The standard InChI is InChI=1S/C15H22N4O/c1-2-11-9-19(6-7-20-11)15-12(14(16)17)8-10-4-3-5-13(10)18-15/h8,11H,2-7,9H2,1H3,(H3,16,17). The number of aromatic nitrogens is 1. The number of aryl methyl sites for hydroxylation is 2. The molecule has 1 aliphatic carbocycles. The first-order valence-corrected chi connectivity index (χ1v) is 7.42. The van der Waals surface area contributed by atoms with Gasteiger partial charge in [-0.25, -0.2) is 4.98 Å². The Kier molecular flexibility index (Phi) is 3.61. The van der Waals surface area contributed by atoms with Gasteiger partial charge in [0.1, 0.15) is 11.7 Å². The molecule has 1 aromatic rings. The van der Waals surface area contributed by atoms with Crippen LogP contribution in [0.2, 0.25) is 0 Å². The fourth-order valence-corrected chi connectivity index (χ4v) is 3.06. The number of hydrogen-bond acceptors (Lipinski definition) is 4. The van der Waals surface area contributed by atoms with Crippen LogP contribution in [0, 0.1) is 5.41 Å². The number of nitrogens with one attached hydrogen (secondary N) is 1. The number of nitrogens with two attached hydrogens (primary N) is 1. The lowest BCUT2D eigenvalue weighted by molar-refractivity contribution is 0.0381. The van der Waals surface area contributed by atoms with E-state index in [-0.39, 0.29) is 11.9 Å². The lowest BCUT2D eigenvalue weighted by Crippen LogP contribution is -2.43. The molecule has 20 heavy (non-hydrogen) atoms. The number of nitrogens with zero attached hydrogens (tertiary/aromatic N) is 2. The van der Waals surface area contributed by atoms with Gasteiger partial charge in [-0.1, -0.05) is 6.92 Å². The van der Waals surface area contributed by atoms with Crippen LogP contribution in [-0.2, 0) is 17.6 Å². The monoisotopic (exact) mass is 274 g/mol. The molecule has 1 unspecified atom stereocenters. The van der Waals surface area contributed by atoms with Crippen molar-refractivity contribution in [2.45, 2.75) is 38.7 Å². The predicted molar refractivity (Wildman–Crippen MR) is 79.5 cm³/mol. The summed E-state index contributed by atoms with van der Waals surface area (Å²) in [5, 5.41) is 7.83. The van der Waals surface area contributed by atoms with Crippen LogP contribution in [0.3, 0.4) is 0 Å². The first kappa shape index (κ1) is 13.4. The summed E-state index contributed by atoms with van der Waals surface area (Å²) < 4.78 is 5.72. The Balaban J connectivity index is 1.97. The maximum atomic E-state index is 7.83. The van der Waals surface area contributed by atoms with Crippen molar-refractivity contribution in [3.8, 4) is 0 Å². The number of hydrogen-bond donors (Lipinski definition) is 2. The number of amidine groups is 1. The highest BCUT2D eigenvalue weighted by Gasteiger charge is 2.25. The number of rotatable bonds is 3. The SMILES string of the molecule is CCC1CN(c2nc3c(cc2C(=N)N)CCC3)CCO1. The summed E-state index contributed by atoms with van der Waals surface area (Å²) >= 11 is 0. The van der Waals surface area contributed by atoms with Crippen molar-refractivity contribution in [3.63, 3.8) is 0 Å². The number of fused-ring (bicyclic) bond motifs is 1. The highest BCUT2D eigenvalue weighted by Crippen LogP contribution is 2.28. The van der Waals surface area contributed by atoms with E-state index in [9.17, 15) is 0 Å². The van der Waals surface area contributed by atoms with Gasteiger partial charge in [-0.05, 0) is 37.3 Å². The molecule has 0 amide bonds. The van der Waals surface area contributed by atoms with Gasteiger partial charge < -0.3 is 15.4 Å². The number of nitrogen functional groups attached to an aromatic ring is 1. The van der Waals surface area contributed by atoms with Crippen LogP contribution in [0.15, 0.2) is 6.07 Å². The summed E-state index contributed by atoms with van der Waals surface area (Å²) in [5.41, 5.74) is 9.00. The highest BCUT2D eigenvalue weighted by molar-refractivity contribution is 6.00. The van der Waals surface area contributed by atoms with Gasteiger partial charge in [0.15, 0.2) is 0 Å². The van der Waals surface area contributed by atoms with Crippen molar-refractivity contribution in [1.82, 2.24) is 4.98 Å². The van der Waals surface area contributed by atoms with Crippen molar-refractivity contribution in [2.24, 2.45) is 5.73 Å². The summed E-state index contributed by atoms with van der Waals surface area (Å²) in [6.07, 6.45) is 4.50. The van der Waals surface area contributed by atoms with Crippen molar-refractivity contribution < 1.29 is 4.74 Å². The quantitative estimate of drug-likeness (QED) is 0.646. The molecule has 5 heteroatoms. The van der Waals surface area contributed by atoms with Crippen LogP contribution in [-0.4, -0.2) is 36.6 Å². The molecule has 3 rings (SSSR count). The van der Waals surface area contributed by atoms with Gasteiger partial charge in [0.2, 0.25) is 0 Å². The van der Waals surface area contributed by atoms with Gasteiger partial charge in [-0.2, -0.15) is 0 Å². The van der Waals surface area contributed by atoms with Crippen molar-refractivity contribution >= 4 is 11.7 Å². The Labute approximate surface area is 119 Å². The third-order valence-electron chi connectivity index (χ3n) is 4.21. The molecule has 1 fully saturated rings. The van der Waals surface area contributed by atoms with Gasteiger partial charge in [-0.3, -0.25) is 5.41 Å². The van der Waals surface area contributed by atoms with Gasteiger partial charge in [0, 0.05) is 18.8 Å². The van der Waals surface area contributed by atoms with Gasteiger partial charge in [0.25, 0.3) is 0 Å². The van der Waals surface area contributed by atoms with E-state index in [4.69, 9.17) is 20.9 Å². The number of pyridine rings is 1. The Bertz CT molecular complexity index is 529. The topological polar surface area (TPSA) is 75.2 Å². The lowest BCUT2D eigenvalue weighted by Gasteiger charge is -2.34. The molecule has 0 bridgehead atoms. The summed E-state index contributed by atoms with van der Waals surface area (Å²) in [5.74, 6) is 0.988. The Morgan fingerprint density at radius 1 is 1.55 bits per heavy atom. The van der Waals surface area contributed by atoms with Crippen LogP contribution >= 0.6 is 0 Å². The molecule has 5 nitrogen and oxygen atoms in total. The Hall–Kier alpha value is -1.62. The van der Waals surface area contributed by atoms with Crippen molar-refractivity contribution in [2.75, 3.05) is 24.6 Å². The summed E-state index contributed by atoms with van der Waals surface area (Å²) in [7, 11) is 0. The Morgan fingerprint density at radius 3 is 3.15 bits per heavy atom. The van der Waals surface area contributed by atoms with Crippen LogP contribution in [0.25, 0.3) is 0 Å². The molecular formula is C15H22N4O. The van der Waals surface area contributed by atoms with Gasteiger partial charge in [-0.15, -0.1) is 0 Å². The molecule has 0 radical (unpaired) electrons. The zero-order valence-corrected chi connectivity index (χ0v) is 12.0. The third kappa shape index (κ3) is 2.38. The van der Waals surface area contributed by atoms with E-state index >= 15 is 0 Å². The second-order valence-electron chi connectivity index (χ2n) is 5.58. The molecular weight excluding hydrogens is 252 g/mol. The summed E-state index contributed by atoms with van der Waals surface area (Å²) in [4.78, 5) is 7.05. The zero-order valence-electron chi connectivity index (χ0n) is 12.0. The lowest BCUT2D eigenvalue weighted by atomic mass is 10.1. The van der Waals surface area contributed by atoms with Gasteiger partial charge in [0.05, 0.1) is 18.3 Å². The minimum atomic E-state index is 0.113. The number of anilines is 1. The second-order valence-corrected chi connectivity index (χ2v) is 5.58. The van der Waals surface area contributed by atoms with E-state index in [1.807, 2.05) is 0 Å². The molecule has 0 saturated carbocycles. The fourth-order valence-electron chi connectivity index (χ4n) is 3.06. The van der Waals surface area contributed by atoms with E-state index in [1.165, 1.54) is 11.3 Å². The molecule has 1 aliphatic heterocycles. The van der Waals surface area contributed by atoms with Crippen LogP contribution in [0.1, 0.15) is 36.6 Å². The average molecular weight is 274 g/mol. The molecule has 0 spiro atoms. The molecule has 2 heterocycles. The summed E-state index contributed by atoms with van der Waals surface area (Å²) in [6.45, 7) is 4.51. The number of morpholine rings is 1. The molecule has 3 N–H and O–H groups in total. The zero-order chi connectivity index (χ0) is 14.1. The van der Waals surface area contributed by atoms with Crippen LogP contribution in [0.4, 0.5) is 5.82 Å². The van der Waals surface area contributed by atoms with Crippen molar-refractivity contribution in [1.29, 1.82) is 5.41 Å². The minimum absolute atomic E-state index is 0.113. The predicted octanol–water partition coefficient (Wildman–Crippen LogP) is 1.47. The van der Waals surface area contributed by atoms with E-state index < -0.39 is 0 Å². The van der Waals surface area contributed by atoms with E-state index in [0.29, 0.717) is 6.61 Å². The molecule has 0 aromatic carbocycles. The van der Waals surface area contributed by atoms with Gasteiger partial charge >= 0.3 is 0 Å². The van der Waals surface area contributed by atoms with Crippen LogP contribution in [0.5, 0.6) is 0 Å². The Morgan fingerprint density at radius 2 is 2.40 bits per heavy atom.